The molecule has 0 spiro atoms. The fourth-order valence-electron chi connectivity index (χ4n) is 3.06. The van der Waals surface area contributed by atoms with Crippen molar-refractivity contribution in [2.45, 2.75) is 44.2 Å². The van der Waals surface area contributed by atoms with Crippen LogP contribution < -0.4 is 5.32 Å². The Bertz CT molecular complexity index is 353. The zero-order valence-electron chi connectivity index (χ0n) is 12.0. The fourth-order valence-corrected chi connectivity index (χ4v) is 3.06. The summed E-state index contributed by atoms with van der Waals surface area (Å²) in [5.41, 5.74) is 0. The van der Waals surface area contributed by atoms with Crippen molar-refractivity contribution < 1.29 is 19.4 Å². The van der Waals surface area contributed by atoms with Gasteiger partial charge in [-0.15, -0.1) is 0 Å². The standard InChI is InChI=1S/C14H24N2O4/c1-20-12-3-2-11(8-12)15-9-13(17)16-6-4-10(5-7-16)14(18)19/h10-12,15H,2-9H2,1H3,(H,18,19). The first kappa shape index (κ1) is 15.3. The van der Waals surface area contributed by atoms with Crippen molar-refractivity contribution in [3.63, 3.8) is 0 Å². The summed E-state index contributed by atoms with van der Waals surface area (Å²) in [6.45, 7) is 1.46. The van der Waals surface area contributed by atoms with Crippen molar-refractivity contribution in [3.8, 4) is 0 Å². The van der Waals surface area contributed by atoms with Crippen molar-refractivity contribution in [1.82, 2.24) is 10.2 Å². The predicted molar refractivity (Wildman–Crippen MR) is 73.4 cm³/mol. The molecule has 114 valence electrons. The molecule has 0 bridgehead atoms. The van der Waals surface area contributed by atoms with E-state index in [2.05, 4.69) is 5.32 Å². The van der Waals surface area contributed by atoms with E-state index in [1.54, 1.807) is 12.0 Å². The van der Waals surface area contributed by atoms with Gasteiger partial charge in [0.25, 0.3) is 0 Å². The maximum Gasteiger partial charge on any atom is 0.306 e. The summed E-state index contributed by atoms with van der Waals surface area (Å²) in [4.78, 5) is 24.7. The minimum absolute atomic E-state index is 0.0784. The minimum Gasteiger partial charge on any atom is -0.481 e. The number of likely N-dealkylation sites (tertiary alicyclic amines) is 1. The van der Waals surface area contributed by atoms with Crippen LogP contribution >= 0.6 is 0 Å². The lowest BCUT2D eigenvalue weighted by Crippen LogP contribution is -2.45. The van der Waals surface area contributed by atoms with Gasteiger partial charge in [0.2, 0.25) is 5.91 Å². The zero-order valence-corrected chi connectivity index (χ0v) is 12.0. The number of methoxy groups -OCH3 is 1. The van der Waals surface area contributed by atoms with E-state index in [9.17, 15) is 9.59 Å². The first-order chi connectivity index (χ1) is 9.60. The van der Waals surface area contributed by atoms with Gasteiger partial charge in [-0.3, -0.25) is 9.59 Å². The van der Waals surface area contributed by atoms with Crippen molar-refractivity contribution >= 4 is 11.9 Å². The number of carbonyl (C=O) groups is 2. The Morgan fingerprint density at radius 1 is 1.25 bits per heavy atom. The van der Waals surface area contributed by atoms with Gasteiger partial charge in [0, 0.05) is 26.2 Å². The Labute approximate surface area is 119 Å². The van der Waals surface area contributed by atoms with Crippen LogP contribution in [-0.2, 0) is 14.3 Å². The average molecular weight is 284 g/mol. The van der Waals surface area contributed by atoms with Gasteiger partial charge in [-0.1, -0.05) is 0 Å². The second-order valence-electron chi connectivity index (χ2n) is 5.74. The molecule has 1 aliphatic carbocycles. The average Bonchev–Trinajstić information content (AvgIpc) is 2.93. The van der Waals surface area contributed by atoms with Crippen LogP contribution in [0, 0.1) is 5.92 Å². The van der Waals surface area contributed by atoms with Crippen LogP contribution in [0.15, 0.2) is 0 Å². The highest BCUT2D eigenvalue weighted by Gasteiger charge is 2.28. The third kappa shape index (κ3) is 3.93. The first-order valence-electron chi connectivity index (χ1n) is 7.37. The van der Waals surface area contributed by atoms with E-state index in [1.165, 1.54) is 0 Å². The van der Waals surface area contributed by atoms with Gasteiger partial charge >= 0.3 is 5.97 Å². The Morgan fingerprint density at radius 2 is 1.95 bits per heavy atom. The third-order valence-corrected chi connectivity index (χ3v) is 4.46. The molecule has 6 nitrogen and oxygen atoms in total. The highest BCUT2D eigenvalue weighted by atomic mass is 16.5. The van der Waals surface area contributed by atoms with Gasteiger partial charge in [0.05, 0.1) is 18.6 Å². The molecule has 2 N–H and O–H groups in total. The van der Waals surface area contributed by atoms with E-state index in [0.29, 0.717) is 44.6 Å². The topological polar surface area (TPSA) is 78.9 Å². The number of hydrogen-bond acceptors (Lipinski definition) is 4. The molecule has 1 aliphatic heterocycles. The molecule has 2 atom stereocenters. The van der Waals surface area contributed by atoms with Crippen molar-refractivity contribution in [2.24, 2.45) is 5.92 Å². The predicted octanol–water partition coefficient (Wildman–Crippen LogP) is 0.467. The molecular weight excluding hydrogens is 260 g/mol. The largest absolute Gasteiger partial charge is 0.481 e. The van der Waals surface area contributed by atoms with Crippen molar-refractivity contribution in [3.05, 3.63) is 0 Å². The molecule has 0 aromatic heterocycles. The summed E-state index contributed by atoms with van der Waals surface area (Å²) >= 11 is 0. The van der Waals surface area contributed by atoms with Crippen LogP contribution in [0.4, 0.5) is 0 Å². The zero-order chi connectivity index (χ0) is 14.5. The SMILES string of the molecule is COC1CCC(NCC(=O)N2CCC(C(=O)O)CC2)C1. The lowest BCUT2D eigenvalue weighted by molar-refractivity contribution is -0.145. The van der Waals surface area contributed by atoms with E-state index in [0.717, 1.165) is 19.3 Å². The summed E-state index contributed by atoms with van der Waals surface area (Å²) in [6.07, 6.45) is 4.50. The van der Waals surface area contributed by atoms with Crippen LogP contribution in [0.2, 0.25) is 0 Å². The van der Waals surface area contributed by atoms with E-state index >= 15 is 0 Å². The quantitative estimate of drug-likeness (QED) is 0.767. The van der Waals surface area contributed by atoms with Crippen LogP contribution in [0.25, 0.3) is 0 Å². The van der Waals surface area contributed by atoms with Gasteiger partial charge in [-0.2, -0.15) is 0 Å². The maximum atomic E-state index is 12.1. The lowest BCUT2D eigenvalue weighted by atomic mass is 9.97. The molecule has 1 saturated carbocycles. The number of amides is 1. The number of nitrogens with one attached hydrogen (secondary N) is 1. The number of carbonyl (C=O) groups excluding carboxylic acids is 1. The van der Waals surface area contributed by atoms with Gasteiger partial charge < -0.3 is 20.1 Å². The molecule has 2 aliphatic rings. The van der Waals surface area contributed by atoms with Crippen molar-refractivity contribution in [1.29, 1.82) is 0 Å². The van der Waals surface area contributed by atoms with E-state index in [-0.39, 0.29) is 11.8 Å². The van der Waals surface area contributed by atoms with Crippen LogP contribution in [-0.4, -0.2) is 60.8 Å². The first-order valence-corrected chi connectivity index (χ1v) is 7.37. The number of nitrogens with zero attached hydrogens (tertiary/aromatic N) is 1. The lowest BCUT2D eigenvalue weighted by Gasteiger charge is -2.30. The molecule has 20 heavy (non-hydrogen) atoms. The Kier molecular flexibility index (Phi) is 5.37. The highest BCUT2D eigenvalue weighted by Crippen LogP contribution is 2.21. The number of ether oxygens (including phenoxy) is 1. The molecule has 2 unspecified atom stereocenters. The summed E-state index contributed by atoms with van der Waals surface area (Å²) in [5, 5.41) is 12.2. The summed E-state index contributed by atoms with van der Waals surface area (Å²) in [7, 11) is 1.73. The van der Waals surface area contributed by atoms with Gasteiger partial charge in [0.15, 0.2) is 0 Å². The Hall–Kier alpha value is -1.14. The summed E-state index contributed by atoms with van der Waals surface area (Å²) in [6, 6.07) is 0.362. The number of hydrogen-bond donors (Lipinski definition) is 2. The number of aliphatic carboxylic acids is 1. The minimum atomic E-state index is -0.744. The summed E-state index contributed by atoms with van der Waals surface area (Å²) < 4.78 is 5.31. The Morgan fingerprint density at radius 3 is 2.50 bits per heavy atom. The van der Waals surface area contributed by atoms with E-state index < -0.39 is 5.97 Å². The van der Waals surface area contributed by atoms with Gasteiger partial charge in [-0.25, -0.2) is 0 Å². The number of carboxylic acid groups (broad SMARTS) is 1. The molecule has 2 rings (SSSR count). The monoisotopic (exact) mass is 284 g/mol. The fraction of sp³-hybridized carbons (Fsp3) is 0.857. The van der Waals surface area contributed by atoms with Crippen molar-refractivity contribution in [2.75, 3.05) is 26.7 Å². The number of carboxylic acids is 1. The molecule has 1 heterocycles. The maximum absolute atomic E-state index is 12.1. The highest BCUT2D eigenvalue weighted by molar-refractivity contribution is 5.79. The molecule has 1 saturated heterocycles. The number of rotatable bonds is 5. The van der Waals surface area contributed by atoms with Crippen LogP contribution in [0.3, 0.4) is 0 Å². The van der Waals surface area contributed by atoms with E-state index in [4.69, 9.17) is 9.84 Å². The van der Waals surface area contributed by atoms with E-state index in [1.807, 2.05) is 0 Å². The normalized spacial score (nSPS) is 27.8. The molecule has 0 radical (unpaired) electrons. The smallest absolute Gasteiger partial charge is 0.306 e. The molecule has 0 aromatic carbocycles. The van der Waals surface area contributed by atoms with Crippen LogP contribution in [0.1, 0.15) is 32.1 Å². The molecule has 0 aromatic rings. The van der Waals surface area contributed by atoms with Gasteiger partial charge in [-0.05, 0) is 32.1 Å². The molecule has 2 fully saturated rings. The second-order valence-corrected chi connectivity index (χ2v) is 5.74. The summed E-state index contributed by atoms with van der Waals surface area (Å²) in [5.74, 6) is -0.953. The Balaban J connectivity index is 1.67. The second kappa shape index (κ2) is 7.04. The molecule has 6 heteroatoms. The molecule has 1 amide bonds. The van der Waals surface area contributed by atoms with Crippen LogP contribution in [0.5, 0.6) is 0 Å². The number of piperidine rings is 1. The van der Waals surface area contributed by atoms with Gasteiger partial charge in [0.1, 0.15) is 0 Å². The molecular formula is C14H24N2O4. The third-order valence-electron chi connectivity index (χ3n) is 4.46.